The van der Waals surface area contributed by atoms with Gasteiger partial charge in [-0.2, -0.15) is 15.7 Å². The number of piperidine rings is 1. The van der Waals surface area contributed by atoms with E-state index in [-0.39, 0.29) is 17.7 Å². The van der Waals surface area contributed by atoms with Crippen molar-refractivity contribution in [2.24, 2.45) is 0 Å². The van der Waals surface area contributed by atoms with Crippen LogP contribution in [0.3, 0.4) is 0 Å². The zero-order chi connectivity index (χ0) is 23.7. The third-order valence-corrected chi connectivity index (χ3v) is 8.75. The number of likely N-dealkylation sites (tertiary alicyclic amines) is 1. The molecule has 5 rings (SSSR count). The summed E-state index contributed by atoms with van der Waals surface area (Å²) in [7, 11) is -1.33. The van der Waals surface area contributed by atoms with Crippen LogP contribution in [-0.2, 0) is 15.2 Å². The Morgan fingerprint density at radius 1 is 1.24 bits per heavy atom. The third-order valence-electron chi connectivity index (χ3n) is 7.00. The average molecular weight is 491 g/mol. The van der Waals surface area contributed by atoms with E-state index in [0.29, 0.717) is 42.5 Å². The van der Waals surface area contributed by atoms with Crippen molar-refractivity contribution >= 4 is 16.5 Å². The minimum atomic E-state index is -3.06. The lowest BCUT2D eigenvalue weighted by atomic mass is 10.0. The van der Waals surface area contributed by atoms with Crippen LogP contribution in [0.1, 0.15) is 41.4 Å². The van der Waals surface area contributed by atoms with Crippen LogP contribution < -0.4 is 0 Å². The molecule has 0 aliphatic carbocycles. The summed E-state index contributed by atoms with van der Waals surface area (Å²) in [6.07, 6.45) is 3.00. The van der Waals surface area contributed by atoms with E-state index in [1.54, 1.807) is 18.1 Å². The van der Waals surface area contributed by atoms with Crippen molar-refractivity contribution in [3.05, 3.63) is 35.5 Å². The predicted octanol–water partition coefficient (Wildman–Crippen LogP) is 3.32. The lowest BCUT2D eigenvalue weighted by Gasteiger charge is -2.39. The fourth-order valence-electron chi connectivity index (χ4n) is 5.34. The molecule has 0 radical (unpaired) electrons. The standard InChI is InChI=1S/C24H34N4O5S/c1-32-13-5-10-26-9-4-6-18(16-26)28-23-19-7-2-3-8-21(19)34(30,31)17-20(23)22(25-28)24(29)27-11-14-33-15-12-27/h2-3,7-8,18,30-31H,4-6,9-17H2,1H3. The van der Waals surface area contributed by atoms with Gasteiger partial charge in [0.25, 0.3) is 5.91 Å². The SMILES string of the molecule is COCCCN1CCCC(n2nc(C(=O)N3CCOCC3)c3c2-c2ccccc2S(O)(O)C3)C1. The molecule has 3 aliphatic heterocycles. The maximum Gasteiger partial charge on any atom is 0.274 e. The van der Waals surface area contributed by atoms with E-state index in [9.17, 15) is 13.9 Å². The quantitative estimate of drug-likeness (QED) is 0.599. The first-order chi connectivity index (χ1) is 16.5. The summed E-state index contributed by atoms with van der Waals surface area (Å²) < 4.78 is 34.7. The van der Waals surface area contributed by atoms with E-state index in [1.165, 1.54) is 0 Å². The van der Waals surface area contributed by atoms with Crippen LogP contribution in [0.4, 0.5) is 0 Å². The number of hydrogen-bond acceptors (Lipinski definition) is 7. The van der Waals surface area contributed by atoms with Crippen LogP contribution in [0, 0.1) is 0 Å². The van der Waals surface area contributed by atoms with E-state index < -0.39 is 10.6 Å². The number of rotatable bonds is 6. The van der Waals surface area contributed by atoms with E-state index in [0.717, 1.165) is 56.8 Å². The number of carbonyl (C=O) groups excluding carboxylic acids is 1. The van der Waals surface area contributed by atoms with Crippen molar-refractivity contribution in [3.63, 3.8) is 0 Å². The zero-order valence-corrected chi connectivity index (χ0v) is 20.5. The summed E-state index contributed by atoms with van der Waals surface area (Å²) >= 11 is 0. The van der Waals surface area contributed by atoms with Crippen LogP contribution in [0.15, 0.2) is 29.2 Å². The van der Waals surface area contributed by atoms with Crippen molar-refractivity contribution in [1.82, 2.24) is 19.6 Å². The van der Waals surface area contributed by atoms with Crippen molar-refractivity contribution in [3.8, 4) is 11.3 Å². The molecule has 3 aliphatic rings. The minimum absolute atomic E-state index is 0.0229. The number of aromatic nitrogens is 2. The normalized spacial score (nSPS) is 23.3. The second kappa shape index (κ2) is 9.96. The summed E-state index contributed by atoms with van der Waals surface area (Å²) in [4.78, 5) is 18.3. The van der Waals surface area contributed by atoms with Gasteiger partial charge in [-0.3, -0.25) is 18.6 Å². The summed E-state index contributed by atoms with van der Waals surface area (Å²) in [6, 6.07) is 7.55. The van der Waals surface area contributed by atoms with Gasteiger partial charge in [-0.1, -0.05) is 18.2 Å². The fourth-order valence-corrected chi connectivity index (χ4v) is 6.98. The molecule has 1 unspecified atom stereocenters. The molecule has 1 aromatic heterocycles. The van der Waals surface area contributed by atoms with Gasteiger partial charge in [-0.15, -0.1) is 0 Å². The Kier molecular flexibility index (Phi) is 6.97. The molecule has 0 spiro atoms. The Morgan fingerprint density at radius 2 is 2.03 bits per heavy atom. The number of nitrogens with zero attached hydrogens (tertiary/aromatic N) is 4. The zero-order valence-electron chi connectivity index (χ0n) is 19.7. The van der Waals surface area contributed by atoms with Crippen molar-refractivity contribution in [2.45, 2.75) is 36.0 Å². The highest BCUT2D eigenvalue weighted by atomic mass is 32.3. The number of fused-ring (bicyclic) bond motifs is 3. The molecule has 1 amide bonds. The van der Waals surface area contributed by atoms with Gasteiger partial charge >= 0.3 is 0 Å². The molecule has 2 N–H and O–H groups in total. The van der Waals surface area contributed by atoms with Crippen LogP contribution in [0.2, 0.25) is 0 Å². The third kappa shape index (κ3) is 4.50. The first-order valence-electron chi connectivity index (χ1n) is 12.0. The Bertz CT molecular complexity index is 1040. The largest absolute Gasteiger partial charge is 0.385 e. The Hall–Kier alpha value is -1.95. The second-order valence-corrected chi connectivity index (χ2v) is 11.3. The molecule has 2 saturated heterocycles. The van der Waals surface area contributed by atoms with Gasteiger partial charge in [0.1, 0.15) is 0 Å². The van der Waals surface area contributed by atoms with Gasteiger partial charge in [0, 0.05) is 51.0 Å². The Labute approximate surface area is 202 Å². The lowest BCUT2D eigenvalue weighted by Crippen LogP contribution is -2.41. The molecule has 186 valence electrons. The minimum Gasteiger partial charge on any atom is -0.385 e. The highest BCUT2D eigenvalue weighted by Crippen LogP contribution is 2.60. The van der Waals surface area contributed by atoms with Crippen LogP contribution in [-0.4, -0.2) is 94.2 Å². The maximum absolute atomic E-state index is 13.5. The number of hydrogen-bond donors (Lipinski definition) is 2. The van der Waals surface area contributed by atoms with Crippen molar-refractivity contribution < 1.29 is 23.4 Å². The molecule has 1 atom stereocenters. The Balaban J connectivity index is 1.55. The van der Waals surface area contributed by atoms with E-state index in [2.05, 4.69) is 4.90 Å². The van der Waals surface area contributed by atoms with Crippen molar-refractivity contribution in [2.75, 3.05) is 59.7 Å². The van der Waals surface area contributed by atoms with E-state index in [1.807, 2.05) is 22.9 Å². The summed E-state index contributed by atoms with van der Waals surface area (Å²) in [6.45, 7) is 5.64. The average Bonchev–Trinajstić information content (AvgIpc) is 3.23. The topological polar surface area (TPSA) is 100 Å². The molecule has 2 fully saturated rings. The highest BCUT2D eigenvalue weighted by molar-refractivity contribution is 8.23. The van der Waals surface area contributed by atoms with Gasteiger partial charge in [0.05, 0.1) is 35.6 Å². The van der Waals surface area contributed by atoms with Gasteiger partial charge < -0.3 is 19.3 Å². The number of methoxy groups -OCH3 is 1. The fraction of sp³-hybridized carbons (Fsp3) is 0.583. The second-order valence-electron chi connectivity index (χ2n) is 9.28. The van der Waals surface area contributed by atoms with Crippen LogP contribution in [0.5, 0.6) is 0 Å². The molecule has 2 aromatic rings. The van der Waals surface area contributed by atoms with E-state index >= 15 is 0 Å². The number of amides is 1. The Morgan fingerprint density at radius 3 is 2.82 bits per heavy atom. The first kappa shape index (κ1) is 23.8. The number of morpholine rings is 1. The number of benzene rings is 1. The summed E-state index contributed by atoms with van der Waals surface area (Å²) in [5, 5.41) is 4.91. The van der Waals surface area contributed by atoms with E-state index in [4.69, 9.17) is 14.6 Å². The molecule has 0 saturated carbocycles. The lowest BCUT2D eigenvalue weighted by molar-refractivity contribution is 0.0297. The van der Waals surface area contributed by atoms with Crippen LogP contribution >= 0.6 is 10.6 Å². The predicted molar refractivity (Wildman–Crippen MR) is 130 cm³/mol. The number of carbonyl (C=O) groups is 1. The molecule has 0 bridgehead atoms. The van der Waals surface area contributed by atoms with Gasteiger partial charge in [0.2, 0.25) is 0 Å². The smallest absolute Gasteiger partial charge is 0.274 e. The van der Waals surface area contributed by atoms with Crippen molar-refractivity contribution in [1.29, 1.82) is 0 Å². The molecule has 10 heteroatoms. The molecule has 34 heavy (non-hydrogen) atoms. The van der Waals surface area contributed by atoms with Gasteiger partial charge in [-0.05, 0) is 31.9 Å². The maximum atomic E-state index is 13.5. The molecule has 9 nitrogen and oxygen atoms in total. The number of ether oxygens (including phenoxy) is 2. The first-order valence-corrected chi connectivity index (χ1v) is 13.8. The molecular weight excluding hydrogens is 456 g/mol. The summed E-state index contributed by atoms with van der Waals surface area (Å²) in [5.41, 5.74) is 2.64. The molecule has 4 heterocycles. The highest BCUT2D eigenvalue weighted by Gasteiger charge is 2.39. The van der Waals surface area contributed by atoms with Gasteiger partial charge in [-0.25, -0.2) is 0 Å². The monoisotopic (exact) mass is 490 g/mol. The van der Waals surface area contributed by atoms with Crippen LogP contribution in [0.25, 0.3) is 11.3 Å². The molecular formula is C24H34N4O5S. The molecule has 1 aromatic carbocycles. The summed E-state index contributed by atoms with van der Waals surface area (Å²) in [5.74, 6) is -0.129. The van der Waals surface area contributed by atoms with Gasteiger partial charge in [0.15, 0.2) is 5.69 Å².